The van der Waals surface area contributed by atoms with Crippen molar-refractivity contribution in [3.63, 3.8) is 0 Å². The summed E-state index contributed by atoms with van der Waals surface area (Å²) in [5.41, 5.74) is 5.26. The number of rotatable bonds is 3. The Morgan fingerprint density at radius 1 is 1.50 bits per heavy atom. The zero-order valence-electron chi connectivity index (χ0n) is 7.73. The van der Waals surface area contributed by atoms with Crippen molar-refractivity contribution in [2.75, 3.05) is 0 Å². The highest BCUT2D eigenvalue weighted by atomic mass is 35.5. The van der Waals surface area contributed by atoms with E-state index in [9.17, 15) is 23.3 Å². The molecule has 0 fully saturated rings. The summed E-state index contributed by atoms with van der Waals surface area (Å²) >= 11 is 0.666. The lowest BCUT2D eigenvalue weighted by atomic mass is 10.2. The molecule has 0 unspecified atom stereocenters. The van der Waals surface area contributed by atoms with E-state index < -0.39 is 23.6 Å². The summed E-state index contributed by atoms with van der Waals surface area (Å²) in [6.45, 7) is 0. The Morgan fingerprint density at radius 3 is 2.44 bits per heavy atom. The van der Waals surface area contributed by atoms with E-state index >= 15 is 0 Å². The Bertz CT molecular complexity index is 369. The largest absolute Gasteiger partial charge is 0.390 e. The normalized spacial score (nSPS) is 13.0. The van der Waals surface area contributed by atoms with Gasteiger partial charge in [0.25, 0.3) is 0 Å². The number of nitrogens with zero attached hydrogens (tertiary/aromatic N) is 1. The summed E-state index contributed by atoms with van der Waals surface area (Å²) < 4.78 is 35.8. The first-order valence-corrected chi connectivity index (χ1v) is 4.67. The van der Waals surface area contributed by atoms with Crippen molar-refractivity contribution in [2.24, 2.45) is 5.73 Å². The minimum Gasteiger partial charge on any atom is -0.323 e. The van der Waals surface area contributed by atoms with Crippen LogP contribution in [0.25, 0.3) is 0 Å². The third-order valence-corrected chi connectivity index (χ3v) is 2.78. The van der Waals surface area contributed by atoms with E-state index in [0.29, 0.717) is 11.3 Å². The topological polar surface area (TPSA) is 69.2 Å². The van der Waals surface area contributed by atoms with Gasteiger partial charge in [-0.3, -0.25) is 10.1 Å². The number of nitro groups is 1. The molecule has 0 radical (unpaired) electrons. The quantitative estimate of drug-likeness (QED) is 0.681. The van der Waals surface area contributed by atoms with Crippen molar-refractivity contribution in [2.45, 2.75) is 18.6 Å². The van der Waals surface area contributed by atoms with Crippen molar-refractivity contribution >= 4 is 28.7 Å². The molecule has 92 valence electrons. The molecule has 0 aliphatic heterocycles. The molecule has 9 heteroatoms. The fourth-order valence-electron chi connectivity index (χ4n) is 0.990. The van der Waals surface area contributed by atoms with Crippen molar-refractivity contribution in [3.05, 3.63) is 27.1 Å². The van der Waals surface area contributed by atoms with E-state index in [1.165, 1.54) is 6.07 Å². The summed E-state index contributed by atoms with van der Waals surface area (Å²) in [5, 5.41) is 10.1. The number of halogens is 4. The molecule has 1 aromatic heterocycles. The lowest BCUT2D eigenvalue weighted by Crippen LogP contribution is -2.19. The maximum absolute atomic E-state index is 11.9. The van der Waals surface area contributed by atoms with Crippen molar-refractivity contribution in [1.29, 1.82) is 0 Å². The lowest BCUT2D eigenvalue weighted by molar-refractivity contribution is -0.380. The molecule has 0 spiro atoms. The van der Waals surface area contributed by atoms with E-state index in [4.69, 9.17) is 5.73 Å². The monoisotopic (exact) mass is 276 g/mol. The molecule has 0 amide bonds. The van der Waals surface area contributed by atoms with E-state index in [-0.39, 0.29) is 22.3 Å². The van der Waals surface area contributed by atoms with E-state index in [1.54, 1.807) is 0 Å². The van der Waals surface area contributed by atoms with Gasteiger partial charge in [0.05, 0.1) is 11.3 Å². The highest BCUT2D eigenvalue weighted by Crippen LogP contribution is 2.33. The summed E-state index contributed by atoms with van der Waals surface area (Å²) in [6, 6.07) is 1.17. The summed E-state index contributed by atoms with van der Waals surface area (Å²) in [5.74, 6) is 0. The average molecular weight is 277 g/mol. The average Bonchev–Trinajstić information content (AvgIpc) is 2.47. The van der Waals surface area contributed by atoms with Crippen LogP contribution in [0.15, 0.2) is 12.1 Å². The van der Waals surface area contributed by atoms with Crippen molar-refractivity contribution in [3.8, 4) is 0 Å². The summed E-state index contributed by atoms with van der Waals surface area (Å²) in [6.07, 6.45) is -5.54. The fourth-order valence-corrected chi connectivity index (χ4v) is 1.81. The van der Waals surface area contributed by atoms with E-state index in [0.717, 1.165) is 6.07 Å². The van der Waals surface area contributed by atoms with Gasteiger partial charge in [0.1, 0.15) is 0 Å². The van der Waals surface area contributed by atoms with Gasteiger partial charge in [-0.05, 0) is 6.07 Å². The predicted octanol–water partition coefficient (Wildman–Crippen LogP) is 3.03. The van der Waals surface area contributed by atoms with E-state index in [1.807, 2.05) is 0 Å². The lowest BCUT2D eigenvalue weighted by Gasteiger charge is -2.11. The van der Waals surface area contributed by atoms with Crippen LogP contribution in [-0.2, 0) is 0 Å². The number of thiophene rings is 1. The third kappa shape index (κ3) is 4.33. The molecule has 0 bridgehead atoms. The maximum atomic E-state index is 11.9. The molecule has 0 aliphatic rings. The van der Waals surface area contributed by atoms with Crippen LogP contribution in [0.1, 0.15) is 17.3 Å². The maximum Gasteiger partial charge on any atom is 0.390 e. The second-order valence-electron chi connectivity index (χ2n) is 2.86. The first-order valence-electron chi connectivity index (χ1n) is 3.86. The van der Waals surface area contributed by atoms with Crippen molar-refractivity contribution < 1.29 is 18.1 Å². The third-order valence-electron chi connectivity index (χ3n) is 1.61. The van der Waals surface area contributed by atoms with Gasteiger partial charge >= 0.3 is 11.2 Å². The minimum atomic E-state index is -4.36. The molecule has 0 saturated heterocycles. The smallest absolute Gasteiger partial charge is 0.323 e. The molecular weight excluding hydrogens is 269 g/mol. The fraction of sp³-hybridized carbons (Fsp3) is 0.429. The first kappa shape index (κ1) is 15.1. The molecule has 1 atom stereocenters. The van der Waals surface area contributed by atoms with Gasteiger partial charge in [-0.1, -0.05) is 11.3 Å². The second-order valence-corrected chi connectivity index (χ2v) is 3.95. The Hall–Kier alpha value is -0.860. The first-order chi connectivity index (χ1) is 6.79. The molecule has 16 heavy (non-hydrogen) atoms. The van der Waals surface area contributed by atoms with Gasteiger partial charge in [-0.2, -0.15) is 13.2 Å². The molecule has 1 aromatic rings. The highest BCUT2D eigenvalue weighted by Gasteiger charge is 2.32. The zero-order chi connectivity index (χ0) is 11.6. The zero-order valence-corrected chi connectivity index (χ0v) is 9.36. The molecular formula is C7H8ClF3N2O2S. The Labute approximate surface area is 98.8 Å². The number of hydrogen-bond donors (Lipinski definition) is 1. The molecule has 2 N–H and O–H groups in total. The van der Waals surface area contributed by atoms with Gasteiger partial charge in [0.15, 0.2) is 0 Å². The van der Waals surface area contributed by atoms with Crippen molar-refractivity contribution in [1.82, 2.24) is 0 Å². The molecule has 1 rings (SSSR count). The van der Waals surface area contributed by atoms with Crippen LogP contribution in [0.5, 0.6) is 0 Å². The van der Waals surface area contributed by atoms with Gasteiger partial charge in [-0.15, -0.1) is 12.4 Å². The molecule has 0 saturated carbocycles. The minimum absolute atomic E-state index is 0. The SMILES string of the molecule is Cl.N[C@H](CC(F)(F)F)c1ccc([N+](=O)[O-])s1. The van der Waals surface area contributed by atoms with Crippen LogP contribution in [0.4, 0.5) is 18.2 Å². The Balaban J connectivity index is 0.00000225. The van der Waals surface area contributed by atoms with Crippen LogP contribution in [0.3, 0.4) is 0 Å². The molecule has 0 aliphatic carbocycles. The molecule has 1 heterocycles. The second kappa shape index (κ2) is 5.46. The van der Waals surface area contributed by atoms with E-state index in [2.05, 4.69) is 0 Å². The van der Waals surface area contributed by atoms with Gasteiger partial charge < -0.3 is 5.73 Å². The highest BCUT2D eigenvalue weighted by molar-refractivity contribution is 7.15. The van der Waals surface area contributed by atoms with Crippen LogP contribution >= 0.6 is 23.7 Å². The Kier molecular flexibility index (Phi) is 5.17. The van der Waals surface area contributed by atoms with Crippen LogP contribution in [0, 0.1) is 10.1 Å². The Morgan fingerprint density at radius 2 is 2.06 bits per heavy atom. The standard InChI is InChI=1S/C7H7F3N2O2S.ClH/c8-7(9,10)3-4(11)5-1-2-6(15-5)12(13)14;/h1-2,4H,3,11H2;1H/t4-;/m1./s1. The molecule has 0 aromatic carbocycles. The van der Waals surface area contributed by atoms with Gasteiger partial charge in [-0.25, -0.2) is 0 Å². The van der Waals surface area contributed by atoms with Crippen LogP contribution in [0.2, 0.25) is 0 Å². The summed E-state index contributed by atoms with van der Waals surface area (Å²) in [7, 11) is 0. The number of hydrogen-bond acceptors (Lipinski definition) is 4. The number of alkyl halides is 3. The number of nitrogens with two attached hydrogens (primary N) is 1. The van der Waals surface area contributed by atoms with Crippen LogP contribution < -0.4 is 5.73 Å². The van der Waals surface area contributed by atoms with Gasteiger partial charge in [0.2, 0.25) is 0 Å². The van der Waals surface area contributed by atoms with Crippen LogP contribution in [-0.4, -0.2) is 11.1 Å². The molecule has 4 nitrogen and oxygen atoms in total. The van der Waals surface area contributed by atoms with Gasteiger partial charge in [0, 0.05) is 17.0 Å². The summed E-state index contributed by atoms with van der Waals surface area (Å²) in [4.78, 5) is 9.78. The predicted molar refractivity (Wildman–Crippen MR) is 55.8 cm³/mol.